The van der Waals surface area contributed by atoms with Crippen LogP contribution in [0.25, 0.3) is 0 Å². The molecule has 122 valence electrons. The minimum absolute atomic E-state index is 0.118. The van der Waals surface area contributed by atoms with Crippen molar-refractivity contribution in [2.75, 3.05) is 6.61 Å². The average molecular weight is 354 g/mol. The molecular weight excluding hydrogens is 337 g/mol. The van der Waals surface area contributed by atoms with E-state index in [1.807, 2.05) is 37.3 Å². The van der Waals surface area contributed by atoms with Crippen LogP contribution < -0.4 is 10.1 Å². The summed E-state index contributed by atoms with van der Waals surface area (Å²) in [5.41, 5.74) is 2.04. The maximum absolute atomic E-state index is 10.6. The minimum Gasteiger partial charge on any atom is -0.480 e. The van der Waals surface area contributed by atoms with E-state index < -0.39 is 12.6 Å². The van der Waals surface area contributed by atoms with Crippen molar-refractivity contribution >= 4 is 29.2 Å². The van der Waals surface area contributed by atoms with Crippen molar-refractivity contribution in [2.45, 2.75) is 19.5 Å². The third kappa shape index (κ3) is 5.43. The highest BCUT2D eigenvalue weighted by molar-refractivity contribution is 6.32. The first-order valence-electron chi connectivity index (χ1n) is 7.07. The number of carbonyl (C=O) groups is 1. The van der Waals surface area contributed by atoms with Crippen molar-refractivity contribution in [3.63, 3.8) is 0 Å². The molecule has 0 bridgehead atoms. The number of ether oxygens (including phenoxy) is 1. The molecule has 1 atom stereocenters. The Balaban J connectivity index is 2.00. The molecule has 0 spiro atoms. The Morgan fingerprint density at radius 2 is 2.04 bits per heavy atom. The summed E-state index contributed by atoms with van der Waals surface area (Å²) in [6, 6.07) is 13.1. The Hall–Kier alpha value is -1.75. The van der Waals surface area contributed by atoms with Gasteiger partial charge in [0.2, 0.25) is 0 Å². The smallest absolute Gasteiger partial charge is 0.341 e. The lowest BCUT2D eigenvalue weighted by Crippen LogP contribution is -2.18. The van der Waals surface area contributed by atoms with Crippen molar-refractivity contribution < 1.29 is 14.6 Å². The Kier molecular flexibility index (Phi) is 6.28. The lowest BCUT2D eigenvalue weighted by atomic mass is 10.1. The molecule has 0 fully saturated rings. The highest BCUT2D eigenvalue weighted by Gasteiger charge is 2.08. The van der Waals surface area contributed by atoms with E-state index in [1.165, 1.54) is 0 Å². The summed E-state index contributed by atoms with van der Waals surface area (Å²) in [5, 5.41) is 13.1. The van der Waals surface area contributed by atoms with Crippen LogP contribution in [-0.2, 0) is 11.3 Å². The van der Waals surface area contributed by atoms with Gasteiger partial charge in [-0.2, -0.15) is 0 Å². The first kappa shape index (κ1) is 17.6. The zero-order valence-electron chi connectivity index (χ0n) is 12.6. The first-order valence-corrected chi connectivity index (χ1v) is 7.83. The maximum Gasteiger partial charge on any atom is 0.341 e. The Morgan fingerprint density at radius 1 is 1.26 bits per heavy atom. The van der Waals surface area contributed by atoms with Crippen LogP contribution >= 0.6 is 23.2 Å². The van der Waals surface area contributed by atoms with Crippen LogP contribution in [0.3, 0.4) is 0 Å². The third-order valence-electron chi connectivity index (χ3n) is 3.31. The van der Waals surface area contributed by atoms with Crippen molar-refractivity contribution in [2.24, 2.45) is 0 Å². The van der Waals surface area contributed by atoms with Crippen LogP contribution in [0.2, 0.25) is 10.0 Å². The number of aliphatic carboxylic acids is 1. The Morgan fingerprint density at radius 3 is 2.74 bits per heavy atom. The van der Waals surface area contributed by atoms with E-state index in [0.717, 1.165) is 11.1 Å². The van der Waals surface area contributed by atoms with Gasteiger partial charge < -0.3 is 15.2 Å². The number of carboxylic acids is 1. The molecule has 0 aliphatic heterocycles. The molecule has 6 heteroatoms. The number of nitrogens with one attached hydrogen (secondary N) is 1. The number of hydrogen-bond donors (Lipinski definition) is 2. The molecule has 2 N–H and O–H groups in total. The monoisotopic (exact) mass is 353 g/mol. The van der Waals surface area contributed by atoms with E-state index >= 15 is 0 Å². The molecule has 0 aromatic heterocycles. The number of carboxylic acid groups (broad SMARTS) is 1. The molecule has 0 saturated carbocycles. The van der Waals surface area contributed by atoms with Crippen LogP contribution in [0.15, 0.2) is 42.5 Å². The summed E-state index contributed by atoms with van der Waals surface area (Å²) in [4.78, 5) is 10.6. The topological polar surface area (TPSA) is 58.6 Å². The van der Waals surface area contributed by atoms with E-state index in [2.05, 4.69) is 5.32 Å². The minimum atomic E-state index is -1.04. The molecule has 4 nitrogen and oxygen atoms in total. The first-order chi connectivity index (χ1) is 11.0. The molecule has 0 radical (unpaired) electrons. The lowest BCUT2D eigenvalue weighted by Gasteiger charge is -2.15. The van der Waals surface area contributed by atoms with E-state index in [1.54, 1.807) is 12.1 Å². The predicted octanol–water partition coefficient (Wildman–Crippen LogP) is 4.31. The Labute approximate surface area is 145 Å². The summed E-state index contributed by atoms with van der Waals surface area (Å²) >= 11 is 12.0. The zero-order chi connectivity index (χ0) is 16.8. The fourth-order valence-electron chi connectivity index (χ4n) is 2.07. The Bertz CT molecular complexity index is 691. The van der Waals surface area contributed by atoms with Gasteiger partial charge in [-0.25, -0.2) is 4.79 Å². The number of hydrogen-bond acceptors (Lipinski definition) is 3. The fourth-order valence-corrected chi connectivity index (χ4v) is 2.44. The number of rotatable bonds is 7. The second-order valence-corrected chi connectivity index (χ2v) is 5.95. The van der Waals surface area contributed by atoms with Crippen LogP contribution in [-0.4, -0.2) is 17.7 Å². The molecule has 2 aromatic carbocycles. The van der Waals surface area contributed by atoms with Crippen molar-refractivity contribution in [1.82, 2.24) is 5.32 Å². The van der Waals surface area contributed by atoms with Gasteiger partial charge in [-0.3, -0.25) is 0 Å². The molecule has 0 aliphatic rings. The van der Waals surface area contributed by atoms with Crippen molar-refractivity contribution in [1.29, 1.82) is 0 Å². The fraction of sp³-hybridized carbons (Fsp3) is 0.235. The van der Waals surface area contributed by atoms with Gasteiger partial charge in [0, 0.05) is 17.6 Å². The molecule has 0 amide bonds. The SMILES string of the molecule is CC(NCc1ccc(Cl)c(OCC(=O)O)c1)c1cccc(Cl)c1. The molecule has 0 heterocycles. The average Bonchev–Trinajstić information content (AvgIpc) is 2.52. The van der Waals surface area contributed by atoms with Crippen LogP contribution in [0.4, 0.5) is 0 Å². The molecule has 2 aromatic rings. The van der Waals surface area contributed by atoms with Crippen LogP contribution in [0.1, 0.15) is 24.1 Å². The molecule has 0 aliphatic carbocycles. The molecular formula is C17H17Cl2NO3. The highest BCUT2D eigenvalue weighted by Crippen LogP contribution is 2.26. The van der Waals surface area contributed by atoms with Crippen molar-refractivity contribution in [3.05, 3.63) is 63.6 Å². The van der Waals surface area contributed by atoms with Crippen LogP contribution in [0.5, 0.6) is 5.75 Å². The summed E-state index contributed by atoms with van der Waals surface area (Å²) in [7, 11) is 0. The standard InChI is InChI=1S/C17H17Cl2NO3/c1-11(13-3-2-4-14(18)8-13)20-9-12-5-6-15(19)16(7-12)23-10-17(21)22/h2-8,11,20H,9-10H2,1H3,(H,21,22). The second-order valence-electron chi connectivity index (χ2n) is 5.10. The molecule has 0 saturated heterocycles. The van der Waals surface area contributed by atoms with E-state index in [9.17, 15) is 4.79 Å². The summed E-state index contributed by atoms with van der Waals surface area (Å²) < 4.78 is 5.17. The van der Waals surface area contributed by atoms with Gasteiger partial charge in [0.1, 0.15) is 5.75 Å². The van der Waals surface area contributed by atoms with Crippen LogP contribution in [0, 0.1) is 0 Å². The number of halogens is 2. The van der Waals surface area contributed by atoms with Gasteiger partial charge in [0.05, 0.1) is 5.02 Å². The van der Waals surface area contributed by atoms with Gasteiger partial charge in [0.25, 0.3) is 0 Å². The van der Waals surface area contributed by atoms with Gasteiger partial charge in [-0.15, -0.1) is 0 Å². The van der Waals surface area contributed by atoms with Gasteiger partial charge in [-0.05, 0) is 42.3 Å². The van der Waals surface area contributed by atoms with E-state index in [-0.39, 0.29) is 6.04 Å². The molecule has 2 rings (SSSR count). The second kappa shape index (κ2) is 8.20. The lowest BCUT2D eigenvalue weighted by molar-refractivity contribution is -0.139. The summed E-state index contributed by atoms with van der Waals surface area (Å²) in [5.74, 6) is -0.678. The zero-order valence-corrected chi connectivity index (χ0v) is 14.1. The predicted molar refractivity (Wildman–Crippen MR) is 91.3 cm³/mol. The van der Waals surface area contributed by atoms with Gasteiger partial charge in [0.15, 0.2) is 6.61 Å². The largest absolute Gasteiger partial charge is 0.480 e. The van der Waals surface area contributed by atoms with Gasteiger partial charge in [-0.1, -0.05) is 41.4 Å². The maximum atomic E-state index is 10.6. The quantitative estimate of drug-likeness (QED) is 0.778. The summed E-state index contributed by atoms with van der Waals surface area (Å²) in [6.45, 7) is 2.22. The van der Waals surface area contributed by atoms with E-state index in [0.29, 0.717) is 22.3 Å². The summed E-state index contributed by atoms with van der Waals surface area (Å²) in [6.07, 6.45) is 0. The molecule has 23 heavy (non-hydrogen) atoms. The number of benzene rings is 2. The highest BCUT2D eigenvalue weighted by atomic mass is 35.5. The van der Waals surface area contributed by atoms with E-state index in [4.69, 9.17) is 33.0 Å². The normalized spacial score (nSPS) is 12.0. The molecule has 1 unspecified atom stereocenters. The third-order valence-corrected chi connectivity index (χ3v) is 3.86. The van der Waals surface area contributed by atoms with Gasteiger partial charge >= 0.3 is 5.97 Å². The van der Waals surface area contributed by atoms with Crippen molar-refractivity contribution in [3.8, 4) is 5.75 Å².